The van der Waals surface area contributed by atoms with E-state index in [2.05, 4.69) is 15.3 Å². The number of carbonyl (C=O) groups is 1. The van der Waals surface area contributed by atoms with Crippen LogP contribution < -0.4 is 10.3 Å². The first-order valence-electron chi connectivity index (χ1n) is 10.6. The standard InChI is InChI=1S/C24H22N4O6S/c1-15-4-3-5-19-22(15)26-27-28(23(19)29)13-12-20(24(30)31)35(32,33)18-9-6-16(7-10-18)17-8-11-21(34-2)25-14-17/h3-11,14,20H,12-13H2,1-2H3,(H,30,31). The third-order valence-electron chi connectivity index (χ3n) is 5.67. The third kappa shape index (κ3) is 4.76. The number of ether oxygens (including phenoxy) is 1. The molecule has 2 heterocycles. The molecule has 1 unspecified atom stereocenters. The molecular weight excluding hydrogens is 472 g/mol. The summed E-state index contributed by atoms with van der Waals surface area (Å²) in [6.07, 6.45) is 1.24. The summed E-state index contributed by atoms with van der Waals surface area (Å²) in [5, 5.41) is 16.2. The summed E-state index contributed by atoms with van der Waals surface area (Å²) >= 11 is 0. The maximum absolute atomic E-state index is 13.1. The van der Waals surface area contributed by atoms with E-state index in [9.17, 15) is 23.1 Å². The summed E-state index contributed by atoms with van der Waals surface area (Å²) in [7, 11) is -2.74. The molecule has 0 amide bonds. The Morgan fingerprint density at radius 3 is 2.43 bits per heavy atom. The maximum atomic E-state index is 13.1. The lowest BCUT2D eigenvalue weighted by molar-refractivity contribution is -0.136. The highest BCUT2D eigenvalue weighted by molar-refractivity contribution is 7.92. The molecule has 1 atom stereocenters. The van der Waals surface area contributed by atoms with E-state index in [1.807, 2.05) is 0 Å². The number of benzene rings is 2. The third-order valence-corrected chi connectivity index (χ3v) is 7.79. The van der Waals surface area contributed by atoms with Gasteiger partial charge in [-0.1, -0.05) is 29.5 Å². The van der Waals surface area contributed by atoms with Crippen molar-refractivity contribution in [2.75, 3.05) is 7.11 Å². The fraction of sp³-hybridized carbons (Fsp3) is 0.208. The zero-order valence-electron chi connectivity index (χ0n) is 19.0. The Bertz CT molecular complexity index is 1550. The molecule has 0 radical (unpaired) electrons. The number of sulfone groups is 1. The summed E-state index contributed by atoms with van der Waals surface area (Å²) in [5.74, 6) is -1.06. The lowest BCUT2D eigenvalue weighted by Crippen LogP contribution is -2.34. The number of methoxy groups -OCH3 is 1. The number of rotatable bonds is 8. The minimum Gasteiger partial charge on any atom is -0.481 e. The molecule has 0 aliphatic rings. The Balaban J connectivity index is 1.57. The number of aromatic nitrogens is 4. The predicted octanol–water partition coefficient (Wildman–Crippen LogP) is 2.49. The van der Waals surface area contributed by atoms with Crippen LogP contribution in [0.1, 0.15) is 12.0 Å². The van der Waals surface area contributed by atoms with E-state index in [4.69, 9.17) is 4.74 Å². The van der Waals surface area contributed by atoms with Crippen LogP contribution in [0, 0.1) is 6.92 Å². The van der Waals surface area contributed by atoms with E-state index in [1.54, 1.807) is 55.6 Å². The van der Waals surface area contributed by atoms with Crippen molar-refractivity contribution in [3.63, 3.8) is 0 Å². The zero-order chi connectivity index (χ0) is 25.2. The van der Waals surface area contributed by atoms with Crippen molar-refractivity contribution in [3.8, 4) is 17.0 Å². The molecule has 4 rings (SSSR count). The Morgan fingerprint density at radius 1 is 1.09 bits per heavy atom. The average Bonchev–Trinajstić information content (AvgIpc) is 2.85. The van der Waals surface area contributed by atoms with Crippen LogP contribution in [0.4, 0.5) is 0 Å². The molecule has 0 saturated heterocycles. The van der Waals surface area contributed by atoms with Crippen LogP contribution in [-0.2, 0) is 21.2 Å². The van der Waals surface area contributed by atoms with Crippen molar-refractivity contribution in [1.29, 1.82) is 0 Å². The molecule has 0 aliphatic carbocycles. The van der Waals surface area contributed by atoms with Gasteiger partial charge in [-0.05, 0) is 48.7 Å². The molecule has 0 spiro atoms. The fourth-order valence-electron chi connectivity index (χ4n) is 3.71. The number of hydrogen-bond donors (Lipinski definition) is 1. The van der Waals surface area contributed by atoms with E-state index < -0.39 is 26.6 Å². The van der Waals surface area contributed by atoms with Crippen LogP contribution in [0.3, 0.4) is 0 Å². The van der Waals surface area contributed by atoms with Crippen molar-refractivity contribution in [3.05, 3.63) is 76.7 Å². The molecular formula is C24H22N4O6S. The topological polar surface area (TPSA) is 141 Å². The molecule has 0 saturated carbocycles. The quantitative estimate of drug-likeness (QED) is 0.391. The number of carboxylic acid groups (broad SMARTS) is 1. The number of fused-ring (bicyclic) bond motifs is 1. The van der Waals surface area contributed by atoms with E-state index in [-0.39, 0.29) is 17.9 Å². The molecule has 0 aliphatic heterocycles. The van der Waals surface area contributed by atoms with Gasteiger partial charge in [-0.15, -0.1) is 5.10 Å². The molecule has 1 N–H and O–H groups in total. The van der Waals surface area contributed by atoms with E-state index >= 15 is 0 Å². The molecule has 2 aromatic heterocycles. The van der Waals surface area contributed by atoms with Crippen LogP contribution >= 0.6 is 0 Å². The summed E-state index contributed by atoms with van der Waals surface area (Å²) in [6.45, 7) is 1.58. The van der Waals surface area contributed by atoms with Gasteiger partial charge in [0.15, 0.2) is 15.1 Å². The van der Waals surface area contributed by atoms with E-state index in [0.29, 0.717) is 22.3 Å². The molecule has 35 heavy (non-hydrogen) atoms. The van der Waals surface area contributed by atoms with Gasteiger partial charge in [0.1, 0.15) is 5.52 Å². The van der Waals surface area contributed by atoms with Crippen LogP contribution in [0.25, 0.3) is 22.0 Å². The Kier molecular flexibility index (Phi) is 6.61. The van der Waals surface area contributed by atoms with E-state index in [0.717, 1.165) is 15.8 Å². The monoisotopic (exact) mass is 494 g/mol. The van der Waals surface area contributed by atoms with Gasteiger partial charge in [-0.3, -0.25) is 9.59 Å². The Morgan fingerprint density at radius 2 is 1.80 bits per heavy atom. The number of hydrogen-bond acceptors (Lipinski definition) is 8. The Labute approximate surface area is 200 Å². The first-order valence-corrected chi connectivity index (χ1v) is 12.2. The number of nitrogens with zero attached hydrogens (tertiary/aromatic N) is 4. The van der Waals surface area contributed by atoms with Crippen molar-refractivity contribution < 1.29 is 23.1 Å². The summed E-state index contributed by atoms with van der Waals surface area (Å²) in [4.78, 5) is 28.6. The van der Waals surface area contributed by atoms with Gasteiger partial charge in [0, 0.05) is 24.4 Å². The largest absolute Gasteiger partial charge is 0.481 e. The average molecular weight is 495 g/mol. The van der Waals surface area contributed by atoms with Crippen molar-refractivity contribution in [2.24, 2.45) is 0 Å². The van der Waals surface area contributed by atoms with Crippen molar-refractivity contribution >= 4 is 26.7 Å². The van der Waals surface area contributed by atoms with Gasteiger partial charge < -0.3 is 9.84 Å². The normalized spacial score (nSPS) is 12.4. The molecule has 0 bridgehead atoms. The summed E-state index contributed by atoms with van der Waals surface area (Å²) in [6, 6.07) is 14.4. The van der Waals surface area contributed by atoms with Gasteiger partial charge in [0.25, 0.3) is 5.56 Å². The highest BCUT2D eigenvalue weighted by atomic mass is 32.2. The number of aliphatic carboxylic acids is 1. The lowest BCUT2D eigenvalue weighted by atomic mass is 10.1. The molecule has 2 aromatic carbocycles. The minimum absolute atomic E-state index is 0.136. The minimum atomic E-state index is -4.24. The van der Waals surface area contributed by atoms with Crippen molar-refractivity contribution in [2.45, 2.75) is 30.0 Å². The number of carboxylic acids is 1. The van der Waals surface area contributed by atoms with Gasteiger partial charge >= 0.3 is 5.97 Å². The predicted molar refractivity (Wildman–Crippen MR) is 128 cm³/mol. The number of pyridine rings is 1. The summed E-state index contributed by atoms with van der Waals surface area (Å²) in [5.41, 5.74) is 2.22. The first-order chi connectivity index (χ1) is 16.7. The highest BCUT2D eigenvalue weighted by Crippen LogP contribution is 2.25. The molecule has 0 fully saturated rings. The van der Waals surface area contributed by atoms with Gasteiger partial charge in [0.05, 0.1) is 17.4 Å². The Hall–Kier alpha value is -4.12. The van der Waals surface area contributed by atoms with Crippen LogP contribution in [0.2, 0.25) is 0 Å². The second kappa shape index (κ2) is 9.63. The second-order valence-electron chi connectivity index (χ2n) is 7.86. The molecule has 180 valence electrons. The van der Waals surface area contributed by atoms with Crippen LogP contribution in [0.5, 0.6) is 5.88 Å². The number of aryl methyl sites for hydroxylation is 2. The van der Waals surface area contributed by atoms with Crippen molar-refractivity contribution in [1.82, 2.24) is 20.0 Å². The zero-order valence-corrected chi connectivity index (χ0v) is 19.8. The first kappa shape index (κ1) is 24.0. The molecule has 10 nitrogen and oxygen atoms in total. The van der Waals surface area contributed by atoms with Gasteiger partial charge in [-0.2, -0.15) is 0 Å². The van der Waals surface area contributed by atoms with Gasteiger partial charge in [-0.25, -0.2) is 18.1 Å². The fourth-order valence-corrected chi connectivity index (χ4v) is 5.24. The lowest BCUT2D eigenvalue weighted by Gasteiger charge is -2.14. The second-order valence-corrected chi connectivity index (χ2v) is 9.99. The van der Waals surface area contributed by atoms with E-state index in [1.165, 1.54) is 19.2 Å². The maximum Gasteiger partial charge on any atom is 0.322 e. The summed E-state index contributed by atoms with van der Waals surface area (Å²) < 4.78 is 32.3. The van der Waals surface area contributed by atoms with Crippen LogP contribution in [0.15, 0.2) is 70.5 Å². The smallest absolute Gasteiger partial charge is 0.322 e. The van der Waals surface area contributed by atoms with Crippen LogP contribution in [-0.4, -0.2) is 51.8 Å². The van der Waals surface area contributed by atoms with Gasteiger partial charge in [0.2, 0.25) is 5.88 Å². The SMILES string of the molecule is COc1ccc(-c2ccc(S(=O)(=O)C(CCn3nnc4c(C)cccc4c3=O)C(=O)O)cc2)cn1. The molecule has 11 heteroatoms. The highest BCUT2D eigenvalue weighted by Gasteiger charge is 2.34. The molecule has 4 aromatic rings.